The molecule has 232 valence electrons. The lowest BCUT2D eigenvalue weighted by atomic mass is 9.91. The smallest absolute Gasteiger partial charge is 0.460 e. The number of hydrogen-bond acceptors (Lipinski definition) is 4. The average molecular weight is 639 g/mol. The number of rotatable bonds is 13. The molecule has 0 amide bonds. The molecule has 0 fully saturated rings. The summed E-state index contributed by atoms with van der Waals surface area (Å²) in [4.78, 5) is 11.4. The Morgan fingerprint density at radius 2 is 1.00 bits per heavy atom. The van der Waals surface area contributed by atoms with Gasteiger partial charge >= 0.3 is 52.9 Å². The molecule has 0 atom stereocenters. The molecule has 0 aromatic rings. The topological polar surface area (TPSA) is 63.7 Å². The van der Waals surface area contributed by atoms with Crippen LogP contribution in [0.5, 0.6) is 0 Å². The summed E-state index contributed by atoms with van der Waals surface area (Å²) in [6, 6.07) is 0. The van der Waals surface area contributed by atoms with Crippen molar-refractivity contribution in [2.75, 3.05) is 19.7 Å². The van der Waals surface area contributed by atoms with Crippen LogP contribution in [0.3, 0.4) is 0 Å². The van der Waals surface area contributed by atoms with Gasteiger partial charge in [0.1, 0.15) is 0 Å². The number of hydrogen-bond donors (Lipinski definition) is 0. The zero-order valence-corrected chi connectivity index (χ0v) is 19.6. The highest BCUT2D eigenvalue weighted by Crippen LogP contribution is 2.64. The standard InChI is InChI=1S/C16H14F17NO4S/c1-4-34(6-7(3)8(35)38-5-2)39(36,37)16(32,33)14(27,28)12(23,24)10(19,20)9(17,18)11(21,22)13(25,26)15(29,30)31/h3-6H2,1-2H3. The van der Waals surface area contributed by atoms with Gasteiger partial charge in [-0.3, -0.25) is 0 Å². The predicted octanol–water partition coefficient (Wildman–Crippen LogP) is 5.72. The Labute approximate surface area is 206 Å². The van der Waals surface area contributed by atoms with Crippen LogP contribution in [-0.4, -0.2) is 85.4 Å². The maximum atomic E-state index is 14.3. The van der Waals surface area contributed by atoms with Gasteiger partial charge in [-0.15, -0.1) is 0 Å². The van der Waals surface area contributed by atoms with E-state index in [9.17, 15) is 87.8 Å². The fourth-order valence-electron chi connectivity index (χ4n) is 2.35. The first kappa shape index (κ1) is 36.9. The minimum atomic E-state index is -8.92. The van der Waals surface area contributed by atoms with E-state index in [-0.39, 0.29) is 0 Å². The Balaban J connectivity index is 6.96. The number of sulfonamides is 1. The van der Waals surface area contributed by atoms with Crippen molar-refractivity contribution in [2.45, 2.75) is 60.8 Å². The first-order valence-electron chi connectivity index (χ1n) is 9.38. The number of halogens is 17. The highest BCUT2D eigenvalue weighted by atomic mass is 32.2. The van der Waals surface area contributed by atoms with E-state index in [1.807, 2.05) is 0 Å². The molecule has 0 radical (unpaired) electrons. The third kappa shape index (κ3) is 5.23. The highest BCUT2D eigenvalue weighted by molar-refractivity contribution is 7.90. The van der Waals surface area contributed by atoms with Crippen LogP contribution in [0.25, 0.3) is 0 Å². The van der Waals surface area contributed by atoms with Crippen molar-refractivity contribution < 1.29 is 92.6 Å². The highest BCUT2D eigenvalue weighted by Gasteiger charge is 2.96. The number of esters is 1. The van der Waals surface area contributed by atoms with E-state index in [4.69, 9.17) is 0 Å². The molecule has 0 saturated carbocycles. The molecule has 0 aliphatic heterocycles. The number of alkyl halides is 17. The summed E-state index contributed by atoms with van der Waals surface area (Å²) >= 11 is 0. The van der Waals surface area contributed by atoms with Crippen molar-refractivity contribution >= 4 is 16.0 Å². The number of carbonyl (C=O) groups is 1. The predicted molar refractivity (Wildman–Crippen MR) is 92.6 cm³/mol. The van der Waals surface area contributed by atoms with Crippen molar-refractivity contribution in [3.05, 3.63) is 12.2 Å². The van der Waals surface area contributed by atoms with Crippen molar-refractivity contribution in [1.29, 1.82) is 0 Å². The van der Waals surface area contributed by atoms with Crippen molar-refractivity contribution in [2.24, 2.45) is 0 Å². The lowest BCUT2D eigenvalue weighted by molar-refractivity contribution is -0.458. The van der Waals surface area contributed by atoms with Crippen molar-refractivity contribution in [3.63, 3.8) is 0 Å². The largest absolute Gasteiger partial charge is 0.463 e. The average Bonchev–Trinajstić information content (AvgIpc) is 2.75. The lowest BCUT2D eigenvalue weighted by Gasteiger charge is -2.43. The molecule has 0 saturated heterocycles. The van der Waals surface area contributed by atoms with Gasteiger partial charge in [0.25, 0.3) is 10.0 Å². The van der Waals surface area contributed by atoms with Crippen LogP contribution in [0.4, 0.5) is 74.6 Å². The number of nitrogens with zero attached hydrogens (tertiary/aromatic N) is 1. The van der Waals surface area contributed by atoms with Crippen molar-refractivity contribution in [1.82, 2.24) is 4.31 Å². The Morgan fingerprint density at radius 1 is 0.667 bits per heavy atom. The van der Waals surface area contributed by atoms with E-state index in [0.29, 0.717) is 6.92 Å². The van der Waals surface area contributed by atoms with Gasteiger partial charge in [-0.1, -0.05) is 13.5 Å². The molecule has 0 bridgehead atoms. The first-order valence-corrected chi connectivity index (χ1v) is 10.8. The summed E-state index contributed by atoms with van der Waals surface area (Å²) in [5.74, 6) is -53.7. The summed E-state index contributed by atoms with van der Waals surface area (Å²) in [5.41, 5.74) is -1.18. The Bertz CT molecular complexity index is 1040. The van der Waals surface area contributed by atoms with Crippen molar-refractivity contribution in [3.8, 4) is 0 Å². The second kappa shape index (κ2) is 10.4. The fourth-order valence-corrected chi connectivity index (χ4v) is 3.79. The molecular formula is C16H14F17NO4S. The molecule has 0 N–H and O–H groups in total. The molecule has 23 heteroatoms. The van der Waals surface area contributed by atoms with Gasteiger partial charge in [-0.2, -0.15) is 78.9 Å². The van der Waals surface area contributed by atoms with Crippen LogP contribution < -0.4 is 0 Å². The molecular weight excluding hydrogens is 625 g/mol. The molecule has 0 heterocycles. The van der Waals surface area contributed by atoms with Crippen LogP contribution in [-0.2, 0) is 19.6 Å². The SMILES string of the molecule is C=C(CN(CC)S(=O)(=O)C(F)(F)C(F)(F)C(F)(F)C(F)(F)C(F)(F)C(F)(F)C(F)(F)C(F)(F)F)C(=O)OCC. The minimum absolute atomic E-state index is 0.477. The summed E-state index contributed by atoms with van der Waals surface area (Å²) in [7, 11) is -7.52. The van der Waals surface area contributed by atoms with Gasteiger partial charge in [0.15, 0.2) is 0 Å². The van der Waals surface area contributed by atoms with Crippen LogP contribution in [0, 0.1) is 0 Å². The zero-order chi connectivity index (χ0) is 32.1. The summed E-state index contributed by atoms with van der Waals surface area (Å²) < 4.78 is 254. The molecule has 5 nitrogen and oxygen atoms in total. The van der Waals surface area contributed by atoms with E-state index in [2.05, 4.69) is 11.3 Å². The molecule has 39 heavy (non-hydrogen) atoms. The third-order valence-electron chi connectivity index (χ3n) is 4.64. The normalized spacial score (nSPS) is 15.5. The number of carbonyl (C=O) groups excluding carboxylic acids is 1. The molecule has 0 rings (SSSR count). The molecule has 0 unspecified atom stereocenters. The first-order chi connectivity index (χ1) is 16.8. The van der Waals surface area contributed by atoms with Gasteiger partial charge in [0.2, 0.25) is 0 Å². The summed E-state index contributed by atoms with van der Waals surface area (Å²) in [6.45, 7) is 0.575. The lowest BCUT2D eigenvalue weighted by Crippen LogP contribution is -2.75. The number of ether oxygens (including phenoxy) is 1. The Morgan fingerprint density at radius 3 is 1.31 bits per heavy atom. The maximum Gasteiger partial charge on any atom is 0.460 e. The van der Waals surface area contributed by atoms with Gasteiger partial charge in [0.05, 0.1) is 6.61 Å². The van der Waals surface area contributed by atoms with Crippen LogP contribution in [0.15, 0.2) is 12.2 Å². The van der Waals surface area contributed by atoms with Gasteiger partial charge < -0.3 is 4.74 Å². The third-order valence-corrected chi connectivity index (χ3v) is 6.61. The maximum absolute atomic E-state index is 14.3. The van der Waals surface area contributed by atoms with Gasteiger partial charge in [-0.25, -0.2) is 13.2 Å². The van der Waals surface area contributed by atoms with Crippen LogP contribution >= 0.6 is 0 Å². The molecule has 0 aromatic carbocycles. The quantitative estimate of drug-likeness (QED) is 0.147. The van der Waals surface area contributed by atoms with E-state index >= 15 is 0 Å². The minimum Gasteiger partial charge on any atom is -0.463 e. The summed E-state index contributed by atoms with van der Waals surface area (Å²) in [5, 5.41) is -7.71. The van der Waals surface area contributed by atoms with Crippen LogP contribution in [0.1, 0.15) is 13.8 Å². The second-order valence-corrected chi connectivity index (χ2v) is 9.20. The summed E-state index contributed by atoms with van der Waals surface area (Å²) in [6.07, 6.45) is -7.91. The molecule has 0 aromatic heterocycles. The zero-order valence-electron chi connectivity index (χ0n) is 18.7. The van der Waals surface area contributed by atoms with E-state index in [0.717, 1.165) is 6.92 Å². The Kier molecular flexibility index (Phi) is 9.85. The number of likely N-dealkylation sites (N-methyl/N-ethyl adjacent to an activating group) is 1. The van der Waals surface area contributed by atoms with E-state index in [1.165, 1.54) is 0 Å². The van der Waals surface area contributed by atoms with Gasteiger partial charge in [0, 0.05) is 18.7 Å². The fraction of sp³-hybridized carbons (Fsp3) is 0.812. The van der Waals surface area contributed by atoms with E-state index < -0.39 is 92.5 Å². The van der Waals surface area contributed by atoms with Gasteiger partial charge in [-0.05, 0) is 6.92 Å². The molecule has 0 spiro atoms. The van der Waals surface area contributed by atoms with Crippen LogP contribution in [0.2, 0.25) is 0 Å². The Hall–Kier alpha value is -2.07. The molecule has 0 aliphatic rings. The van der Waals surface area contributed by atoms with E-state index in [1.54, 1.807) is 0 Å². The second-order valence-electron chi connectivity index (χ2n) is 7.22. The monoisotopic (exact) mass is 639 g/mol. The molecule has 0 aliphatic carbocycles.